The molecule has 5 heteroatoms. The quantitative estimate of drug-likeness (QED) is 0.321. The van der Waals surface area contributed by atoms with Gasteiger partial charge in [0.05, 0.1) is 30.4 Å². The molecule has 150 valence electrons. The van der Waals surface area contributed by atoms with Crippen LogP contribution in [0, 0.1) is 11.3 Å². The van der Waals surface area contributed by atoms with Crippen molar-refractivity contribution in [1.29, 1.82) is 5.26 Å². The topological polar surface area (TPSA) is 76.4 Å². The van der Waals surface area contributed by atoms with Gasteiger partial charge in [0, 0.05) is 5.57 Å². The molecule has 0 atom stereocenters. The maximum absolute atomic E-state index is 12.1. The summed E-state index contributed by atoms with van der Waals surface area (Å²) in [6.07, 6.45) is 3.35. The molecule has 0 N–H and O–H groups in total. The predicted molar refractivity (Wildman–Crippen MR) is 111 cm³/mol. The third-order valence-corrected chi connectivity index (χ3v) is 4.32. The minimum Gasteiger partial charge on any atom is -0.462 e. The molecule has 0 aliphatic carbocycles. The second-order valence-electron chi connectivity index (χ2n) is 6.73. The van der Waals surface area contributed by atoms with Gasteiger partial charge in [-0.2, -0.15) is 5.26 Å². The van der Waals surface area contributed by atoms with Crippen LogP contribution in [-0.4, -0.2) is 25.2 Å². The number of carbonyl (C=O) groups is 2. The molecule has 2 aromatic carbocycles. The van der Waals surface area contributed by atoms with Crippen LogP contribution >= 0.6 is 0 Å². The highest BCUT2D eigenvalue weighted by Crippen LogP contribution is 2.20. The summed E-state index contributed by atoms with van der Waals surface area (Å²) < 4.78 is 10.3. The first-order valence-corrected chi connectivity index (χ1v) is 9.61. The van der Waals surface area contributed by atoms with Crippen molar-refractivity contribution in [2.24, 2.45) is 0 Å². The Hall–Kier alpha value is -3.39. The first-order chi connectivity index (χ1) is 14.0. The molecule has 29 heavy (non-hydrogen) atoms. The number of nitrogens with zero attached hydrogens (tertiary/aromatic N) is 1. The zero-order valence-corrected chi connectivity index (χ0v) is 16.6. The summed E-state index contributed by atoms with van der Waals surface area (Å²) in [5.74, 6) is -0.698. The number of rotatable bonds is 10. The minimum absolute atomic E-state index is 0.341. The summed E-state index contributed by atoms with van der Waals surface area (Å²) >= 11 is 0. The number of hydrogen-bond donors (Lipinski definition) is 0. The highest BCUT2D eigenvalue weighted by molar-refractivity contribution is 5.90. The Morgan fingerprint density at radius 2 is 1.38 bits per heavy atom. The van der Waals surface area contributed by atoms with Gasteiger partial charge in [-0.25, -0.2) is 9.59 Å². The lowest BCUT2D eigenvalue weighted by Gasteiger charge is -2.07. The second kappa shape index (κ2) is 11.5. The van der Waals surface area contributed by atoms with Gasteiger partial charge < -0.3 is 9.47 Å². The molecular formula is C24H25NO4. The molecule has 0 heterocycles. The van der Waals surface area contributed by atoms with Crippen molar-refractivity contribution in [3.05, 3.63) is 71.8 Å². The maximum Gasteiger partial charge on any atom is 0.338 e. The Labute approximate surface area is 171 Å². The van der Waals surface area contributed by atoms with Crippen molar-refractivity contribution in [1.82, 2.24) is 0 Å². The highest BCUT2D eigenvalue weighted by atomic mass is 16.5. The largest absolute Gasteiger partial charge is 0.462 e. The summed E-state index contributed by atoms with van der Waals surface area (Å²) in [5, 5.41) is 8.86. The molecule has 0 bridgehead atoms. The molecule has 2 rings (SSSR count). The lowest BCUT2D eigenvalue weighted by molar-refractivity contribution is -0.139. The van der Waals surface area contributed by atoms with E-state index in [9.17, 15) is 9.59 Å². The van der Waals surface area contributed by atoms with Crippen LogP contribution in [0.5, 0.6) is 0 Å². The highest BCUT2D eigenvalue weighted by Gasteiger charge is 2.08. The van der Waals surface area contributed by atoms with E-state index in [1.54, 1.807) is 31.2 Å². The van der Waals surface area contributed by atoms with E-state index in [2.05, 4.69) is 12.6 Å². The van der Waals surface area contributed by atoms with Gasteiger partial charge in [-0.15, -0.1) is 0 Å². The molecular weight excluding hydrogens is 366 g/mol. The van der Waals surface area contributed by atoms with E-state index in [0.29, 0.717) is 29.9 Å². The van der Waals surface area contributed by atoms with Crippen LogP contribution in [0.25, 0.3) is 11.1 Å². The Balaban J connectivity index is 1.67. The van der Waals surface area contributed by atoms with E-state index in [-0.39, 0.29) is 11.9 Å². The molecule has 0 saturated carbocycles. The van der Waals surface area contributed by atoms with Crippen molar-refractivity contribution in [3.63, 3.8) is 0 Å². The van der Waals surface area contributed by atoms with Gasteiger partial charge in [0.2, 0.25) is 0 Å². The zero-order chi connectivity index (χ0) is 21.1. The Morgan fingerprint density at radius 3 is 1.90 bits per heavy atom. The van der Waals surface area contributed by atoms with E-state index in [4.69, 9.17) is 14.7 Å². The Kier molecular flexibility index (Phi) is 8.65. The van der Waals surface area contributed by atoms with Crippen molar-refractivity contribution < 1.29 is 19.1 Å². The molecule has 0 fully saturated rings. The van der Waals surface area contributed by atoms with E-state index in [1.807, 2.05) is 24.3 Å². The number of nitriles is 1. The van der Waals surface area contributed by atoms with Crippen molar-refractivity contribution in [3.8, 4) is 17.2 Å². The van der Waals surface area contributed by atoms with Crippen LogP contribution in [0.2, 0.25) is 0 Å². The van der Waals surface area contributed by atoms with Crippen LogP contribution in [0.4, 0.5) is 0 Å². The second-order valence-corrected chi connectivity index (χ2v) is 6.73. The minimum atomic E-state index is -0.357. The first kappa shape index (κ1) is 21.9. The van der Waals surface area contributed by atoms with Crippen LogP contribution in [0.15, 0.2) is 60.7 Å². The summed E-state index contributed by atoms with van der Waals surface area (Å²) in [6, 6.07) is 16.6. The Bertz CT molecular complexity index is 877. The molecule has 5 nitrogen and oxygen atoms in total. The lowest BCUT2D eigenvalue weighted by Crippen LogP contribution is -2.07. The standard InChI is InChI=1S/C24H25NO4/c1-18(2)23(26)28-15-5-3-4-6-16-29-24(27)22-13-11-21(12-14-22)20-9-7-19(17-25)8-10-20/h7-14H,1,3-6,15-16H2,2H3. The van der Waals surface area contributed by atoms with Crippen molar-refractivity contribution in [2.45, 2.75) is 32.6 Å². The van der Waals surface area contributed by atoms with Gasteiger partial charge in [0.25, 0.3) is 0 Å². The number of carbonyl (C=O) groups excluding carboxylic acids is 2. The number of esters is 2. The fraction of sp³-hybridized carbons (Fsp3) is 0.292. The maximum atomic E-state index is 12.1. The number of ether oxygens (including phenoxy) is 2. The molecule has 0 aromatic heterocycles. The van der Waals surface area contributed by atoms with E-state index in [0.717, 1.165) is 36.8 Å². The summed E-state index contributed by atoms with van der Waals surface area (Å²) in [4.78, 5) is 23.4. The monoisotopic (exact) mass is 391 g/mol. The van der Waals surface area contributed by atoms with Gasteiger partial charge in [-0.3, -0.25) is 0 Å². The van der Waals surface area contributed by atoms with Gasteiger partial charge in [0.1, 0.15) is 0 Å². The van der Waals surface area contributed by atoms with E-state index >= 15 is 0 Å². The molecule has 0 amide bonds. The average molecular weight is 391 g/mol. The van der Waals surface area contributed by atoms with Gasteiger partial charge >= 0.3 is 11.9 Å². The third kappa shape index (κ3) is 7.27. The van der Waals surface area contributed by atoms with Gasteiger partial charge in [0.15, 0.2) is 0 Å². The van der Waals surface area contributed by atoms with Gasteiger partial charge in [-0.05, 0) is 68.0 Å². The SMILES string of the molecule is C=C(C)C(=O)OCCCCCCOC(=O)c1ccc(-c2ccc(C#N)cc2)cc1. The fourth-order valence-electron chi connectivity index (χ4n) is 2.63. The normalized spacial score (nSPS) is 10.1. The van der Waals surface area contributed by atoms with Crippen LogP contribution in [0.3, 0.4) is 0 Å². The fourth-order valence-corrected chi connectivity index (χ4v) is 2.63. The van der Waals surface area contributed by atoms with Crippen LogP contribution in [-0.2, 0) is 14.3 Å². The summed E-state index contributed by atoms with van der Waals surface area (Å²) in [6.45, 7) is 5.90. The number of benzene rings is 2. The third-order valence-electron chi connectivity index (χ3n) is 4.32. The van der Waals surface area contributed by atoms with Gasteiger partial charge in [-0.1, -0.05) is 30.8 Å². The van der Waals surface area contributed by atoms with Crippen LogP contribution < -0.4 is 0 Å². The molecule has 0 unspecified atom stereocenters. The molecule has 0 saturated heterocycles. The van der Waals surface area contributed by atoms with E-state index in [1.165, 1.54) is 0 Å². The van der Waals surface area contributed by atoms with Crippen molar-refractivity contribution in [2.75, 3.05) is 13.2 Å². The smallest absolute Gasteiger partial charge is 0.338 e. The lowest BCUT2D eigenvalue weighted by atomic mass is 10.0. The molecule has 0 aliphatic rings. The molecule has 0 aliphatic heterocycles. The first-order valence-electron chi connectivity index (χ1n) is 9.61. The predicted octanol–water partition coefficient (Wildman–Crippen LogP) is 5.06. The number of hydrogen-bond acceptors (Lipinski definition) is 5. The average Bonchev–Trinajstić information content (AvgIpc) is 2.75. The molecule has 0 radical (unpaired) electrons. The molecule has 0 spiro atoms. The van der Waals surface area contributed by atoms with Crippen molar-refractivity contribution >= 4 is 11.9 Å². The Morgan fingerprint density at radius 1 is 0.862 bits per heavy atom. The summed E-state index contributed by atoms with van der Waals surface area (Å²) in [5.41, 5.74) is 3.48. The summed E-state index contributed by atoms with van der Waals surface area (Å²) in [7, 11) is 0. The van der Waals surface area contributed by atoms with E-state index < -0.39 is 0 Å². The zero-order valence-electron chi connectivity index (χ0n) is 16.6. The van der Waals surface area contributed by atoms with Crippen LogP contribution in [0.1, 0.15) is 48.5 Å². The molecule has 2 aromatic rings. The number of unbranched alkanes of at least 4 members (excludes halogenated alkanes) is 3.